The number of nitrogens with zero attached hydrogens (tertiary/aromatic N) is 6. The van der Waals surface area contributed by atoms with E-state index in [4.69, 9.17) is 0 Å². The van der Waals surface area contributed by atoms with Gasteiger partial charge in [0, 0.05) is 31.0 Å². The van der Waals surface area contributed by atoms with E-state index >= 15 is 0 Å². The molecule has 4 rings (SSSR count). The monoisotopic (exact) mass is 323 g/mol. The van der Waals surface area contributed by atoms with Gasteiger partial charge in [-0.3, -0.25) is 4.68 Å². The summed E-state index contributed by atoms with van der Waals surface area (Å²) in [6.07, 6.45) is 7.24. The van der Waals surface area contributed by atoms with Crippen molar-refractivity contribution in [1.82, 2.24) is 29.8 Å². The molecule has 0 amide bonds. The third kappa shape index (κ3) is 2.66. The quantitative estimate of drug-likeness (QED) is 0.778. The fourth-order valence-corrected chi connectivity index (χ4v) is 3.35. The van der Waals surface area contributed by atoms with Gasteiger partial charge in [-0.2, -0.15) is 5.10 Å². The average molecular weight is 323 g/mol. The Morgan fingerprint density at radius 1 is 1.29 bits per heavy atom. The van der Waals surface area contributed by atoms with Crippen LogP contribution in [0.2, 0.25) is 0 Å². The van der Waals surface area contributed by atoms with E-state index in [0.717, 1.165) is 42.2 Å². The minimum atomic E-state index is 0.668. The average Bonchev–Trinajstić information content (AvgIpc) is 3.29. The van der Waals surface area contributed by atoms with Crippen LogP contribution in [0.25, 0.3) is 11.3 Å². The van der Waals surface area contributed by atoms with Crippen molar-refractivity contribution in [1.29, 1.82) is 0 Å². The van der Waals surface area contributed by atoms with Crippen molar-refractivity contribution >= 4 is 5.82 Å². The summed E-state index contributed by atoms with van der Waals surface area (Å²) < 4.78 is 3.88. The van der Waals surface area contributed by atoms with Crippen molar-refractivity contribution in [2.75, 3.05) is 11.9 Å². The second kappa shape index (κ2) is 6.07. The zero-order valence-electron chi connectivity index (χ0n) is 14.0. The number of hydrogen-bond acceptors (Lipinski definition) is 5. The molecule has 1 N–H and O–H groups in total. The summed E-state index contributed by atoms with van der Waals surface area (Å²) in [4.78, 5) is 4.29. The molecule has 0 bridgehead atoms. The Hall–Kier alpha value is -2.70. The van der Waals surface area contributed by atoms with E-state index in [9.17, 15) is 0 Å². The molecule has 1 aliphatic carbocycles. The third-order valence-corrected chi connectivity index (χ3v) is 4.46. The second-order valence-corrected chi connectivity index (χ2v) is 6.11. The van der Waals surface area contributed by atoms with Crippen LogP contribution in [0.4, 0.5) is 5.82 Å². The molecule has 0 atom stereocenters. The van der Waals surface area contributed by atoms with Gasteiger partial charge in [-0.1, -0.05) is 5.21 Å². The second-order valence-electron chi connectivity index (χ2n) is 6.11. The molecule has 0 aromatic carbocycles. The first-order valence-corrected chi connectivity index (χ1v) is 8.38. The Morgan fingerprint density at radius 3 is 3.08 bits per heavy atom. The molecule has 0 radical (unpaired) electrons. The lowest BCUT2D eigenvalue weighted by Gasteiger charge is -2.03. The lowest BCUT2D eigenvalue weighted by molar-refractivity contribution is 0.613. The van der Waals surface area contributed by atoms with Crippen molar-refractivity contribution in [3.63, 3.8) is 0 Å². The molecule has 0 saturated carbocycles. The lowest BCUT2D eigenvalue weighted by Crippen LogP contribution is -2.04. The Kier molecular flexibility index (Phi) is 3.76. The molecule has 0 fully saturated rings. The van der Waals surface area contributed by atoms with Gasteiger partial charge in [-0.15, -0.1) is 5.10 Å². The lowest BCUT2D eigenvalue weighted by atomic mass is 10.2. The van der Waals surface area contributed by atoms with Crippen LogP contribution in [0.5, 0.6) is 0 Å². The van der Waals surface area contributed by atoms with E-state index in [2.05, 4.69) is 32.6 Å². The molecule has 24 heavy (non-hydrogen) atoms. The molecular weight excluding hydrogens is 302 g/mol. The van der Waals surface area contributed by atoms with E-state index in [0.29, 0.717) is 6.54 Å². The minimum Gasteiger partial charge on any atom is -0.370 e. The molecule has 0 saturated heterocycles. The number of aromatic nitrogens is 6. The fourth-order valence-electron chi connectivity index (χ4n) is 3.35. The predicted octanol–water partition coefficient (Wildman–Crippen LogP) is 2.04. The van der Waals surface area contributed by atoms with Gasteiger partial charge in [-0.25, -0.2) is 9.67 Å². The summed E-state index contributed by atoms with van der Waals surface area (Å²) in [6, 6.07) is 3.95. The minimum absolute atomic E-state index is 0.668. The van der Waals surface area contributed by atoms with Crippen molar-refractivity contribution in [2.45, 2.75) is 32.7 Å². The third-order valence-electron chi connectivity index (χ3n) is 4.46. The molecule has 3 heterocycles. The van der Waals surface area contributed by atoms with Gasteiger partial charge < -0.3 is 5.32 Å². The molecule has 0 unspecified atom stereocenters. The largest absolute Gasteiger partial charge is 0.370 e. The topological polar surface area (TPSA) is 73.5 Å². The van der Waals surface area contributed by atoms with Gasteiger partial charge in [0.25, 0.3) is 0 Å². The fraction of sp³-hybridized carbons (Fsp3) is 0.412. The molecular formula is C17H21N7. The van der Waals surface area contributed by atoms with Crippen LogP contribution < -0.4 is 5.32 Å². The van der Waals surface area contributed by atoms with E-state index in [1.165, 1.54) is 17.7 Å². The highest BCUT2D eigenvalue weighted by Gasteiger charge is 2.21. The number of rotatable bonds is 5. The van der Waals surface area contributed by atoms with E-state index < -0.39 is 0 Å². The summed E-state index contributed by atoms with van der Waals surface area (Å²) in [5.41, 5.74) is 5.75. The Balaban J connectivity index is 1.57. The zero-order chi connectivity index (χ0) is 16.5. The standard InChI is InChI=1S/C17H21N7/c1-3-18-17-9-12(7-8-19-17)14-10-24(22-20-14)11-15-13-5-4-6-16(13)23(2)21-15/h7-10H,3-6,11H2,1-2H3,(H,18,19). The number of aryl methyl sites for hydroxylation is 1. The Morgan fingerprint density at radius 2 is 2.21 bits per heavy atom. The number of fused-ring (bicyclic) bond motifs is 1. The van der Waals surface area contributed by atoms with Crippen molar-refractivity contribution in [3.05, 3.63) is 41.5 Å². The van der Waals surface area contributed by atoms with Crippen LogP contribution in [0.3, 0.4) is 0 Å². The maximum Gasteiger partial charge on any atom is 0.126 e. The van der Waals surface area contributed by atoms with Gasteiger partial charge in [0.1, 0.15) is 11.5 Å². The van der Waals surface area contributed by atoms with Crippen LogP contribution in [-0.2, 0) is 26.4 Å². The summed E-state index contributed by atoms with van der Waals surface area (Å²) in [5, 5.41) is 16.5. The molecule has 0 aliphatic heterocycles. The first-order valence-electron chi connectivity index (χ1n) is 8.38. The number of anilines is 1. The number of hydrogen-bond donors (Lipinski definition) is 1. The van der Waals surface area contributed by atoms with Gasteiger partial charge in [0.15, 0.2) is 0 Å². The maximum atomic E-state index is 4.66. The van der Waals surface area contributed by atoms with Gasteiger partial charge >= 0.3 is 0 Å². The zero-order valence-corrected chi connectivity index (χ0v) is 14.0. The highest BCUT2D eigenvalue weighted by molar-refractivity contribution is 5.61. The summed E-state index contributed by atoms with van der Waals surface area (Å²) >= 11 is 0. The first kappa shape index (κ1) is 14.9. The molecule has 124 valence electrons. The van der Waals surface area contributed by atoms with Crippen LogP contribution in [0.15, 0.2) is 24.5 Å². The van der Waals surface area contributed by atoms with Gasteiger partial charge in [-0.05, 0) is 43.9 Å². The maximum absolute atomic E-state index is 4.66. The molecule has 7 nitrogen and oxygen atoms in total. The van der Waals surface area contributed by atoms with Crippen LogP contribution in [-0.4, -0.2) is 36.3 Å². The number of pyridine rings is 1. The molecule has 0 spiro atoms. The summed E-state index contributed by atoms with van der Waals surface area (Å²) in [6.45, 7) is 3.56. The van der Waals surface area contributed by atoms with E-state index in [1.54, 1.807) is 6.20 Å². The van der Waals surface area contributed by atoms with Crippen LogP contribution >= 0.6 is 0 Å². The normalized spacial score (nSPS) is 13.2. The van der Waals surface area contributed by atoms with Crippen LogP contribution in [0, 0.1) is 0 Å². The Labute approximate surface area is 140 Å². The van der Waals surface area contributed by atoms with E-state index in [-0.39, 0.29) is 0 Å². The number of nitrogens with one attached hydrogen (secondary N) is 1. The van der Waals surface area contributed by atoms with Crippen molar-refractivity contribution in [3.8, 4) is 11.3 Å². The van der Waals surface area contributed by atoms with Crippen molar-refractivity contribution in [2.24, 2.45) is 7.05 Å². The first-order chi connectivity index (χ1) is 11.7. The summed E-state index contributed by atoms with van der Waals surface area (Å²) in [5.74, 6) is 0.854. The SMILES string of the molecule is CCNc1cc(-c2cn(Cc3nn(C)c4c3CCC4)nn2)ccn1. The molecule has 7 heteroatoms. The van der Waals surface area contributed by atoms with Gasteiger partial charge in [0.05, 0.1) is 18.4 Å². The van der Waals surface area contributed by atoms with Gasteiger partial charge in [0.2, 0.25) is 0 Å². The molecule has 3 aromatic heterocycles. The highest BCUT2D eigenvalue weighted by atomic mass is 15.4. The van der Waals surface area contributed by atoms with Crippen LogP contribution in [0.1, 0.15) is 30.3 Å². The smallest absolute Gasteiger partial charge is 0.126 e. The predicted molar refractivity (Wildman–Crippen MR) is 91.8 cm³/mol. The molecule has 1 aliphatic rings. The summed E-state index contributed by atoms with van der Waals surface area (Å²) in [7, 11) is 2.03. The molecule has 3 aromatic rings. The van der Waals surface area contributed by atoms with E-state index in [1.807, 2.05) is 34.7 Å². The highest BCUT2D eigenvalue weighted by Crippen LogP contribution is 2.25. The Bertz CT molecular complexity index is 862. The van der Waals surface area contributed by atoms with Crippen molar-refractivity contribution < 1.29 is 0 Å².